The minimum absolute atomic E-state index is 0.256. The number of hydrogen-bond acceptors (Lipinski definition) is 2. The summed E-state index contributed by atoms with van der Waals surface area (Å²) in [6.07, 6.45) is -4.76. The van der Waals surface area contributed by atoms with Crippen LogP contribution in [0.3, 0.4) is 0 Å². The van der Waals surface area contributed by atoms with Crippen molar-refractivity contribution in [1.29, 1.82) is 0 Å². The number of anilines is 3. The zero-order valence-corrected chi connectivity index (χ0v) is 25.5. The maximum atomic E-state index is 13.0. The van der Waals surface area contributed by atoms with Crippen molar-refractivity contribution >= 4 is 70.9 Å². The van der Waals surface area contributed by atoms with Gasteiger partial charge < -0.3 is 9.64 Å². The normalized spacial score (nSPS) is 12.1. The van der Waals surface area contributed by atoms with Gasteiger partial charge in [0.15, 0.2) is 0 Å². The predicted octanol–water partition coefficient (Wildman–Crippen LogP) is 12.9. The van der Waals surface area contributed by atoms with E-state index in [0.717, 1.165) is 44.3 Å². The zero-order valence-electron chi connectivity index (χ0n) is 25.5. The number of rotatable bonds is 5. The summed E-state index contributed by atoms with van der Waals surface area (Å²) in [7, 11) is 0. The second-order valence-corrected chi connectivity index (χ2v) is 12.0. The number of fused-ring (bicyclic) bond motifs is 3. The molecule has 9 aromatic rings. The van der Waals surface area contributed by atoms with E-state index in [1.54, 1.807) is 12.1 Å². The van der Waals surface area contributed by atoms with Crippen molar-refractivity contribution in [1.82, 2.24) is 0 Å². The molecular formula is C43H26F3NO. The molecule has 0 unspecified atom stereocenters. The highest BCUT2D eigenvalue weighted by atomic mass is 19.4. The maximum absolute atomic E-state index is 13.0. The van der Waals surface area contributed by atoms with Gasteiger partial charge in [0.25, 0.3) is 0 Å². The van der Waals surface area contributed by atoms with E-state index in [2.05, 4.69) is 113 Å². The Bertz CT molecular complexity index is 2590. The lowest BCUT2D eigenvalue weighted by Gasteiger charge is -2.30. The molecule has 0 fully saturated rings. The van der Waals surface area contributed by atoms with E-state index in [-0.39, 0.29) is 5.75 Å². The van der Waals surface area contributed by atoms with E-state index in [1.807, 2.05) is 30.3 Å². The van der Waals surface area contributed by atoms with Gasteiger partial charge in [-0.2, -0.15) is 0 Å². The molecule has 0 saturated carbocycles. The van der Waals surface area contributed by atoms with E-state index in [1.165, 1.54) is 49.8 Å². The second-order valence-electron chi connectivity index (χ2n) is 12.0. The van der Waals surface area contributed by atoms with Gasteiger partial charge >= 0.3 is 6.36 Å². The molecule has 0 radical (unpaired) electrons. The average molecular weight is 630 g/mol. The molecule has 0 saturated heterocycles. The van der Waals surface area contributed by atoms with Gasteiger partial charge in [-0.15, -0.1) is 13.2 Å². The Balaban J connectivity index is 1.34. The molecule has 48 heavy (non-hydrogen) atoms. The van der Waals surface area contributed by atoms with Crippen LogP contribution >= 0.6 is 0 Å². The van der Waals surface area contributed by atoms with Crippen LogP contribution in [0.5, 0.6) is 5.75 Å². The first-order valence-corrected chi connectivity index (χ1v) is 15.8. The Morgan fingerprint density at radius 3 is 1.69 bits per heavy atom. The van der Waals surface area contributed by atoms with Crippen molar-refractivity contribution in [2.45, 2.75) is 6.36 Å². The van der Waals surface area contributed by atoms with Gasteiger partial charge in [-0.1, -0.05) is 127 Å². The molecule has 0 heterocycles. The summed E-state index contributed by atoms with van der Waals surface area (Å²) in [5, 5.41) is 11.8. The van der Waals surface area contributed by atoms with Crippen LogP contribution in [0.25, 0.3) is 65.0 Å². The fourth-order valence-corrected chi connectivity index (χ4v) is 7.37. The van der Waals surface area contributed by atoms with Gasteiger partial charge in [-0.05, 0) is 79.0 Å². The first-order chi connectivity index (χ1) is 23.4. The van der Waals surface area contributed by atoms with Crippen molar-refractivity contribution < 1.29 is 17.9 Å². The quantitative estimate of drug-likeness (QED) is 0.139. The highest BCUT2D eigenvalue weighted by molar-refractivity contribution is 6.34. The van der Waals surface area contributed by atoms with Crippen LogP contribution in [0, 0.1) is 0 Å². The van der Waals surface area contributed by atoms with Gasteiger partial charge in [0.2, 0.25) is 0 Å². The summed E-state index contributed by atoms with van der Waals surface area (Å²) in [5.74, 6) is -0.256. The third-order valence-electron chi connectivity index (χ3n) is 9.29. The molecule has 5 heteroatoms. The molecule has 230 valence electrons. The fraction of sp³-hybridized carbons (Fsp3) is 0.0233. The third-order valence-corrected chi connectivity index (χ3v) is 9.29. The molecule has 0 N–H and O–H groups in total. The lowest BCUT2D eigenvalue weighted by atomic mass is 9.89. The molecule has 0 aliphatic rings. The molecule has 0 bridgehead atoms. The molecule has 9 rings (SSSR count). The Morgan fingerprint density at radius 2 is 0.917 bits per heavy atom. The Kier molecular flexibility index (Phi) is 6.31. The van der Waals surface area contributed by atoms with E-state index < -0.39 is 6.36 Å². The molecule has 9 aromatic carbocycles. The number of benzene rings is 9. The number of ether oxygens (including phenoxy) is 1. The number of nitrogens with zero attached hydrogens (tertiary/aromatic N) is 1. The Morgan fingerprint density at radius 1 is 0.396 bits per heavy atom. The molecule has 0 atom stereocenters. The highest BCUT2D eigenvalue weighted by Gasteiger charge is 2.31. The molecule has 2 nitrogen and oxygen atoms in total. The van der Waals surface area contributed by atoms with Crippen LogP contribution < -0.4 is 9.64 Å². The van der Waals surface area contributed by atoms with Crippen molar-refractivity contribution in [3.63, 3.8) is 0 Å². The van der Waals surface area contributed by atoms with Crippen LogP contribution in [0.4, 0.5) is 30.2 Å². The standard InChI is InChI=1S/C43H26F3NO/c44-43(45,46)48-30-23-21-28(22-24-30)32-14-3-4-19-38(32)47(39-20-7-10-27-9-1-2-13-31(27)39)40-26-25-36-34-16-6-12-29-11-5-15-33(41(29)34)35-17-8-18-37(40)42(35)36/h1-26H. The van der Waals surface area contributed by atoms with Crippen LogP contribution in [0.1, 0.15) is 0 Å². The maximum Gasteiger partial charge on any atom is 0.573 e. The first-order valence-electron chi connectivity index (χ1n) is 15.8. The van der Waals surface area contributed by atoms with Gasteiger partial charge in [-0.3, -0.25) is 0 Å². The Labute approximate surface area is 274 Å². The summed E-state index contributed by atoms with van der Waals surface area (Å²) in [4.78, 5) is 2.29. The third kappa shape index (κ3) is 4.50. The van der Waals surface area contributed by atoms with Gasteiger partial charge in [0.1, 0.15) is 5.75 Å². The van der Waals surface area contributed by atoms with E-state index in [0.29, 0.717) is 0 Å². The van der Waals surface area contributed by atoms with Gasteiger partial charge in [-0.25, -0.2) is 0 Å². The van der Waals surface area contributed by atoms with Crippen molar-refractivity contribution in [2.75, 3.05) is 4.90 Å². The lowest BCUT2D eigenvalue weighted by molar-refractivity contribution is -0.274. The molecule has 0 spiro atoms. The number of alkyl halides is 3. The summed E-state index contributed by atoms with van der Waals surface area (Å²) < 4.78 is 43.1. The van der Waals surface area contributed by atoms with Crippen LogP contribution in [-0.4, -0.2) is 6.36 Å². The second kappa shape index (κ2) is 10.7. The number of halogens is 3. The van der Waals surface area contributed by atoms with E-state index >= 15 is 0 Å². The van der Waals surface area contributed by atoms with Gasteiger partial charge in [0.05, 0.1) is 17.1 Å². The van der Waals surface area contributed by atoms with E-state index in [9.17, 15) is 13.2 Å². The zero-order chi connectivity index (χ0) is 32.4. The molecule has 0 aliphatic heterocycles. The summed E-state index contributed by atoms with van der Waals surface area (Å²) >= 11 is 0. The van der Waals surface area contributed by atoms with Crippen LogP contribution in [-0.2, 0) is 0 Å². The smallest absolute Gasteiger partial charge is 0.406 e. The van der Waals surface area contributed by atoms with Crippen molar-refractivity contribution in [3.8, 4) is 16.9 Å². The predicted molar refractivity (Wildman–Crippen MR) is 192 cm³/mol. The largest absolute Gasteiger partial charge is 0.573 e. The SMILES string of the molecule is FC(F)(F)Oc1ccc(-c2ccccc2N(c2cccc3ccccc23)c2ccc3c4cccc5cccc(c6cccc2c63)c54)cc1. The van der Waals surface area contributed by atoms with Crippen molar-refractivity contribution in [2.24, 2.45) is 0 Å². The van der Waals surface area contributed by atoms with Crippen LogP contribution in [0.2, 0.25) is 0 Å². The summed E-state index contributed by atoms with van der Waals surface area (Å²) in [6.45, 7) is 0. The summed E-state index contributed by atoms with van der Waals surface area (Å²) in [6, 6.07) is 52.7. The molecular weight excluding hydrogens is 603 g/mol. The number of para-hydroxylation sites is 1. The lowest BCUT2D eigenvalue weighted by Crippen LogP contribution is -2.17. The van der Waals surface area contributed by atoms with Crippen LogP contribution in [0.15, 0.2) is 158 Å². The number of hydrogen-bond donors (Lipinski definition) is 0. The molecule has 0 amide bonds. The average Bonchev–Trinajstić information content (AvgIpc) is 3.11. The fourth-order valence-electron chi connectivity index (χ4n) is 7.37. The van der Waals surface area contributed by atoms with Gasteiger partial charge in [0, 0.05) is 16.3 Å². The molecule has 0 aromatic heterocycles. The topological polar surface area (TPSA) is 12.5 Å². The van der Waals surface area contributed by atoms with Crippen molar-refractivity contribution in [3.05, 3.63) is 158 Å². The highest BCUT2D eigenvalue weighted by Crippen LogP contribution is 2.49. The monoisotopic (exact) mass is 629 g/mol. The minimum Gasteiger partial charge on any atom is -0.406 e. The molecule has 0 aliphatic carbocycles. The van der Waals surface area contributed by atoms with E-state index in [4.69, 9.17) is 0 Å². The summed E-state index contributed by atoms with van der Waals surface area (Å²) in [5.41, 5.74) is 4.55. The minimum atomic E-state index is -4.76. The first kappa shape index (κ1) is 28.2. The Hall–Kier alpha value is -6.07.